The van der Waals surface area contributed by atoms with Gasteiger partial charge in [-0.3, -0.25) is 0 Å². The summed E-state index contributed by atoms with van der Waals surface area (Å²) in [6.07, 6.45) is 1.59. The fourth-order valence-corrected chi connectivity index (χ4v) is 5.40. The van der Waals surface area contributed by atoms with Crippen molar-refractivity contribution in [2.45, 2.75) is 44.7 Å². The maximum absolute atomic E-state index is 13.6. The van der Waals surface area contributed by atoms with Gasteiger partial charge in [-0.2, -0.15) is 4.31 Å². The number of benzene rings is 2. The average molecular weight is 400 g/mol. The maximum Gasteiger partial charge on any atom is 0.333 e. The predicted molar refractivity (Wildman–Crippen MR) is 108 cm³/mol. The molecule has 1 aliphatic rings. The van der Waals surface area contributed by atoms with Crippen molar-refractivity contribution in [3.05, 3.63) is 76.9 Å². The molecule has 2 aromatic carbocycles. The topological polar surface area (TPSA) is 74.7 Å². The van der Waals surface area contributed by atoms with Gasteiger partial charge in [0.25, 0.3) is 0 Å². The molecule has 1 aliphatic heterocycles. The van der Waals surface area contributed by atoms with Crippen LogP contribution in [0.25, 0.3) is 0 Å². The van der Waals surface area contributed by atoms with E-state index in [4.69, 9.17) is 0 Å². The van der Waals surface area contributed by atoms with Gasteiger partial charge >= 0.3 is 5.97 Å². The molecular weight excluding hydrogens is 374 g/mol. The van der Waals surface area contributed by atoms with Gasteiger partial charge in [0.2, 0.25) is 10.0 Å². The van der Waals surface area contributed by atoms with Crippen LogP contribution in [0.4, 0.5) is 0 Å². The minimum Gasteiger partial charge on any atom is -0.478 e. The van der Waals surface area contributed by atoms with Crippen LogP contribution in [0.1, 0.15) is 36.6 Å². The summed E-state index contributed by atoms with van der Waals surface area (Å²) in [6, 6.07) is 12.6. The summed E-state index contributed by atoms with van der Waals surface area (Å²) in [6.45, 7) is 7.62. The summed E-state index contributed by atoms with van der Waals surface area (Å²) in [5.74, 6) is -1.18. The normalized spacial score (nSPS) is 20.4. The number of hydrogen-bond acceptors (Lipinski definition) is 3. The molecule has 0 aliphatic carbocycles. The number of carboxylic acid groups (broad SMARTS) is 1. The quantitative estimate of drug-likeness (QED) is 0.822. The Bertz CT molecular complexity index is 1010. The standard InChI is InChI=1S/C22H25NO4S/c1-14(2)20-13-19(22(24)25)21(17-9-5-15(3)6-10-17)23(20)28(26,27)18-11-7-16(4)8-12-18/h5-14,20-21H,1-4H3,(H,24,25)/t20-,21-/m1/s1. The second-order valence-corrected chi connectivity index (χ2v) is 9.47. The van der Waals surface area contributed by atoms with E-state index in [2.05, 4.69) is 0 Å². The monoisotopic (exact) mass is 399 g/mol. The van der Waals surface area contributed by atoms with Crippen molar-refractivity contribution in [2.24, 2.45) is 5.92 Å². The van der Waals surface area contributed by atoms with Gasteiger partial charge in [0.15, 0.2) is 0 Å². The Morgan fingerprint density at radius 1 is 0.964 bits per heavy atom. The molecule has 28 heavy (non-hydrogen) atoms. The molecule has 3 rings (SSSR count). The van der Waals surface area contributed by atoms with E-state index in [0.717, 1.165) is 11.1 Å². The lowest BCUT2D eigenvalue weighted by Gasteiger charge is -2.32. The van der Waals surface area contributed by atoms with Crippen LogP contribution in [-0.4, -0.2) is 29.8 Å². The first kappa shape index (κ1) is 20.3. The van der Waals surface area contributed by atoms with E-state index in [0.29, 0.717) is 5.56 Å². The van der Waals surface area contributed by atoms with Crippen molar-refractivity contribution in [3.63, 3.8) is 0 Å². The highest BCUT2D eigenvalue weighted by atomic mass is 32.2. The van der Waals surface area contributed by atoms with Crippen LogP contribution in [0, 0.1) is 19.8 Å². The Kier molecular flexibility index (Phi) is 5.46. The maximum atomic E-state index is 13.6. The minimum absolute atomic E-state index is 0.0787. The zero-order chi connectivity index (χ0) is 20.6. The van der Waals surface area contributed by atoms with Crippen LogP contribution in [0.5, 0.6) is 0 Å². The molecule has 0 amide bonds. The van der Waals surface area contributed by atoms with Gasteiger partial charge in [-0.05, 0) is 37.5 Å². The average Bonchev–Trinajstić information content (AvgIpc) is 3.05. The van der Waals surface area contributed by atoms with Crippen molar-refractivity contribution in [3.8, 4) is 0 Å². The summed E-state index contributed by atoms with van der Waals surface area (Å²) in [4.78, 5) is 12.2. The van der Waals surface area contributed by atoms with Crippen LogP contribution in [0.15, 0.2) is 65.1 Å². The summed E-state index contributed by atoms with van der Waals surface area (Å²) in [7, 11) is -3.91. The molecule has 0 radical (unpaired) electrons. The molecule has 2 aromatic rings. The van der Waals surface area contributed by atoms with E-state index < -0.39 is 28.1 Å². The SMILES string of the molecule is Cc1ccc([C@@H]2C(C(=O)O)=C[C@H](C(C)C)N2S(=O)(=O)c2ccc(C)cc2)cc1. The van der Waals surface area contributed by atoms with Crippen molar-refractivity contribution >= 4 is 16.0 Å². The number of carboxylic acids is 1. The molecule has 6 heteroatoms. The van der Waals surface area contributed by atoms with E-state index in [-0.39, 0.29) is 16.4 Å². The molecule has 0 spiro atoms. The fraction of sp³-hybridized carbons (Fsp3) is 0.318. The van der Waals surface area contributed by atoms with Crippen molar-refractivity contribution in [1.82, 2.24) is 4.31 Å². The van der Waals surface area contributed by atoms with Crippen LogP contribution in [-0.2, 0) is 14.8 Å². The predicted octanol–water partition coefficient (Wildman–Crippen LogP) is 4.08. The molecule has 0 saturated carbocycles. The molecule has 0 fully saturated rings. The van der Waals surface area contributed by atoms with Gasteiger partial charge in [0.05, 0.1) is 16.5 Å². The first-order valence-corrected chi connectivity index (χ1v) is 10.7. The van der Waals surface area contributed by atoms with Crippen molar-refractivity contribution in [2.75, 3.05) is 0 Å². The van der Waals surface area contributed by atoms with Crippen LogP contribution >= 0.6 is 0 Å². The lowest BCUT2D eigenvalue weighted by Crippen LogP contribution is -2.41. The fourth-order valence-electron chi connectivity index (χ4n) is 3.54. The Hall–Kier alpha value is -2.44. The molecule has 2 atom stereocenters. The second-order valence-electron chi connectivity index (χ2n) is 7.62. The van der Waals surface area contributed by atoms with E-state index in [1.807, 2.05) is 39.8 Å². The molecule has 5 nitrogen and oxygen atoms in total. The van der Waals surface area contributed by atoms with Gasteiger partial charge in [0, 0.05) is 6.04 Å². The van der Waals surface area contributed by atoms with E-state index in [1.54, 1.807) is 42.5 Å². The highest BCUT2D eigenvalue weighted by Gasteiger charge is 2.46. The Morgan fingerprint density at radius 2 is 1.46 bits per heavy atom. The third-order valence-corrected chi connectivity index (χ3v) is 6.99. The highest BCUT2D eigenvalue weighted by Crippen LogP contribution is 2.43. The lowest BCUT2D eigenvalue weighted by molar-refractivity contribution is -0.133. The minimum atomic E-state index is -3.91. The van der Waals surface area contributed by atoms with Gasteiger partial charge in [-0.15, -0.1) is 0 Å². The Labute approximate surface area is 166 Å². The largest absolute Gasteiger partial charge is 0.478 e. The van der Waals surface area contributed by atoms with Crippen molar-refractivity contribution in [1.29, 1.82) is 0 Å². The first-order chi connectivity index (χ1) is 13.1. The summed E-state index contributed by atoms with van der Waals surface area (Å²) >= 11 is 0. The zero-order valence-corrected chi connectivity index (χ0v) is 17.3. The molecule has 0 unspecified atom stereocenters. The smallest absolute Gasteiger partial charge is 0.333 e. The summed E-state index contributed by atoms with van der Waals surface area (Å²) in [5.41, 5.74) is 2.73. The summed E-state index contributed by atoms with van der Waals surface area (Å²) < 4.78 is 28.5. The number of hydrogen-bond donors (Lipinski definition) is 1. The number of aryl methyl sites for hydroxylation is 2. The number of carbonyl (C=O) groups is 1. The lowest BCUT2D eigenvalue weighted by atomic mass is 10.00. The van der Waals surface area contributed by atoms with Gasteiger partial charge < -0.3 is 5.11 Å². The molecule has 1 heterocycles. The zero-order valence-electron chi connectivity index (χ0n) is 16.5. The number of sulfonamides is 1. The second kappa shape index (κ2) is 7.53. The van der Waals surface area contributed by atoms with Gasteiger partial charge in [0.1, 0.15) is 0 Å². The molecule has 0 bridgehead atoms. The third kappa shape index (κ3) is 3.62. The van der Waals surface area contributed by atoms with Gasteiger partial charge in [-0.1, -0.05) is 67.4 Å². The van der Waals surface area contributed by atoms with Gasteiger partial charge in [-0.25, -0.2) is 13.2 Å². The van der Waals surface area contributed by atoms with Crippen molar-refractivity contribution < 1.29 is 18.3 Å². The Balaban J connectivity index is 2.19. The number of aliphatic carboxylic acids is 1. The van der Waals surface area contributed by atoms with Crippen LogP contribution in [0.2, 0.25) is 0 Å². The molecule has 1 N–H and O–H groups in total. The van der Waals surface area contributed by atoms with E-state index in [9.17, 15) is 18.3 Å². The first-order valence-electron chi connectivity index (χ1n) is 9.24. The molecule has 0 aromatic heterocycles. The van der Waals surface area contributed by atoms with Crippen LogP contribution < -0.4 is 0 Å². The molecular formula is C22H25NO4S. The molecule has 0 saturated heterocycles. The number of rotatable bonds is 5. The summed E-state index contributed by atoms with van der Waals surface area (Å²) in [5, 5.41) is 9.80. The van der Waals surface area contributed by atoms with Crippen LogP contribution in [0.3, 0.4) is 0 Å². The molecule has 148 valence electrons. The van der Waals surface area contributed by atoms with E-state index in [1.165, 1.54) is 4.31 Å². The van der Waals surface area contributed by atoms with E-state index >= 15 is 0 Å². The Morgan fingerprint density at radius 3 is 1.93 bits per heavy atom. The third-order valence-electron chi connectivity index (χ3n) is 5.11. The number of nitrogens with zero attached hydrogens (tertiary/aromatic N) is 1. The highest BCUT2D eigenvalue weighted by molar-refractivity contribution is 7.89.